The lowest BCUT2D eigenvalue weighted by molar-refractivity contribution is -0.122. The molecule has 2 aliphatic carbocycles. The molecule has 4 rings (SSSR count). The van der Waals surface area contributed by atoms with Crippen LogP contribution in [-0.4, -0.2) is 11.8 Å². The second kappa shape index (κ2) is 4.67. The minimum Gasteiger partial charge on any atom is -0.274 e. The van der Waals surface area contributed by atoms with E-state index in [4.69, 9.17) is 0 Å². The van der Waals surface area contributed by atoms with Crippen molar-refractivity contribution in [2.75, 3.05) is 4.90 Å². The zero-order valence-electron chi connectivity index (χ0n) is 14.0. The predicted octanol–water partition coefficient (Wildman–Crippen LogP) is 3.56. The van der Waals surface area contributed by atoms with Gasteiger partial charge in [0.05, 0.1) is 17.5 Å². The van der Waals surface area contributed by atoms with Crippen molar-refractivity contribution in [3.8, 4) is 0 Å². The van der Waals surface area contributed by atoms with Crippen LogP contribution in [0, 0.1) is 37.5 Å². The van der Waals surface area contributed by atoms with E-state index in [1.807, 2.05) is 32.0 Å². The van der Waals surface area contributed by atoms with Gasteiger partial charge in [0.1, 0.15) is 0 Å². The number of carbonyl (C=O) groups is 2. The summed E-state index contributed by atoms with van der Waals surface area (Å²) in [5.41, 5.74) is 5.53. The average molecular weight is 307 g/mol. The molecule has 0 radical (unpaired) electrons. The molecule has 1 heterocycles. The molecule has 1 aromatic carbocycles. The molecule has 2 fully saturated rings. The number of allylic oxidation sites excluding steroid dienone is 4. The summed E-state index contributed by atoms with van der Waals surface area (Å²) in [6.07, 6.45) is 4.26. The first-order chi connectivity index (χ1) is 10.9. The molecule has 3 aliphatic rings. The van der Waals surface area contributed by atoms with Crippen LogP contribution in [0.4, 0.5) is 5.69 Å². The molecule has 23 heavy (non-hydrogen) atoms. The number of fused-ring (bicyclic) bond motifs is 5. The second-order valence-electron chi connectivity index (χ2n) is 7.22. The SMILES string of the molecule is CC(C)=C1C2C=CC1C1C(=O)N(c3ccc(C)c(C)c3)C(=O)C21. The number of imide groups is 1. The summed E-state index contributed by atoms with van der Waals surface area (Å²) in [6.45, 7) is 8.21. The molecule has 2 amide bonds. The molecule has 118 valence electrons. The molecule has 1 aromatic rings. The van der Waals surface area contributed by atoms with E-state index in [9.17, 15) is 9.59 Å². The van der Waals surface area contributed by atoms with Crippen LogP contribution in [0.3, 0.4) is 0 Å². The number of benzene rings is 1. The van der Waals surface area contributed by atoms with Crippen LogP contribution in [0.15, 0.2) is 41.5 Å². The van der Waals surface area contributed by atoms with Crippen LogP contribution < -0.4 is 4.90 Å². The van der Waals surface area contributed by atoms with Gasteiger partial charge in [-0.2, -0.15) is 0 Å². The molecule has 4 unspecified atom stereocenters. The van der Waals surface area contributed by atoms with Crippen molar-refractivity contribution in [2.45, 2.75) is 27.7 Å². The van der Waals surface area contributed by atoms with Crippen LogP contribution in [0.2, 0.25) is 0 Å². The molecule has 1 aliphatic heterocycles. The van der Waals surface area contributed by atoms with Crippen LogP contribution in [-0.2, 0) is 9.59 Å². The zero-order valence-corrected chi connectivity index (χ0v) is 14.0. The Balaban J connectivity index is 1.77. The van der Waals surface area contributed by atoms with Crippen LogP contribution in [0.5, 0.6) is 0 Å². The van der Waals surface area contributed by atoms with Crippen molar-refractivity contribution in [3.05, 3.63) is 52.6 Å². The molecule has 0 spiro atoms. The summed E-state index contributed by atoms with van der Waals surface area (Å²) in [4.78, 5) is 27.4. The first-order valence-electron chi connectivity index (χ1n) is 8.22. The quantitative estimate of drug-likeness (QED) is 0.587. The number of hydrogen-bond donors (Lipinski definition) is 0. The Morgan fingerprint density at radius 1 is 0.913 bits per heavy atom. The molecular weight excluding hydrogens is 286 g/mol. The summed E-state index contributed by atoms with van der Waals surface area (Å²) < 4.78 is 0. The Morgan fingerprint density at radius 2 is 1.48 bits per heavy atom. The third-order valence-electron chi connectivity index (χ3n) is 5.74. The Hall–Kier alpha value is -2.16. The minimum atomic E-state index is -0.205. The fourth-order valence-corrected chi connectivity index (χ4v) is 4.55. The summed E-state index contributed by atoms with van der Waals surface area (Å²) in [7, 11) is 0. The van der Waals surface area contributed by atoms with Gasteiger partial charge in [0.25, 0.3) is 0 Å². The average Bonchev–Trinajstić information content (AvgIpc) is 3.13. The highest BCUT2D eigenvalue weighted by Gasteiger charge is 2.61. The number of amides is 2. The first kappa shape index (κ1) is 14.4. The Kier molecular flexibility index (Phi) is 2.93. The monoisotopic (exact) mass is 307 g/mol. The molecule has 3 nitrogen and oxygen atoms in total. The fraction of sp³-hybridized carbons (Fsp3) is 0.400. The van der Waals surface area contributed by atoms with Crippen molar-refractivity contribution in [1.82, 2.24) is 0 Å². The third kappa shape index (κ3) is 1.76. The standard InChI is InChI=1S/C20H21NO2/c1-10(2)16-14-7-8-15(16)18-17(14)19(22)21(20(18)23)13-6-5-11(3)12(4)9-13/h5-9,14-15,17-18H,1-4H3. The maximum Gasteiger partial charge on any atom is 0.238 e. The van der Waals surface area contributed by atoms with E-state index in [0.29, 0.717) is 0 Å². The predicted molar refractivity (Wildman–Crippen MR) is 89.9 cm³/mol. The lowest BCUT2D eigenvalue weighted by Crippen LogP contribution is -2.33. The van der Waals surface area contributed by atoms with Crippen LogP contribution >= 0.6 is 0 Å². The lowest BCUT2D eigenvalue weighted by Gasteiger charge is -2.20. The molecule has 3 heteroatoms. The fourth-order valence-electron chi connectivity index (χ4n) is 4.55. The minimum absolute atomic E-state index is 0.0288. The van der Waals surface area contributed by atoms with Crippen molar-refractivity contribution in [2.24, 2.45) is 23.7 Å². The molecule has 0 aromatic heterocycles. The lowest BCUT2D eigenvalue weighted by atomic mass is 9.85. The molecule has 2 bridgehead atoms. The molecule has 1 saturated carbocycles. The van der Waals surface area contributed by atoms with Crippen molar-refractivity contribution < 1.29 is 9.59 Å². The van der Waals surface area contributed by atoms with E-state index < -0.39 is 0 Å². The normalized spacial score (nSPS) is 31.3. The summed E-state index contributed by atoms with van der Waals surface area (Å²) in [6, 6.07) is 5.81. The maximum absolute atomic E-state index is 13.0. The van der Waals surface area contributed by atoms with E-state index in [1.54, 1.807) is 0 Å². The number of rotatable bonds is 1. The van der Waals surface area contributed by atoms with Gasteiger partial charge in [-0.3, -0.25) is 9.59 Å². The topological polar surface area (TPSA) is 37.4 Å². The Bertz CT molecular complexity index is 764. The first-order valence-corrected chi connectivity index (χ1v) is 8.22. The number of aryl methyl sites for hydroxylation is 2. The largest absolute Gasteiger partial charge is 0.274 e. The van der Waals surface area contributed by atoms with Crippen LogP contribution in [0.1, 0.15) is 25.0 Å². The summed E-state index contributed by atoms with van der Waals surface area (Å²) >= 11 is 0. The van der Waals surface area contributed by atoms with Gasteiger partial charge in [-0.15, -0.1) is 0 Å². The van der Waals surface area contributed by atoms with E-state index in [1.165, 1.54) is 21.6 Å². The number of hydrogen-bond acceptors (Lipinski definition) is 2. The van der Waals surface area contributed by atoms with Crippen molar-refractivity contribution in [3.63, 3.8) is 0 Å². The highest BCUT2D eigenvalue weighted by molar-refractivity contribution is 6.23. The summed E-state index contributed by atoms with van der Waals surface area (Å²) in [5.74, 6) is -0.239. The second-order valence-corrected chi connectivity index (χ2v) is 7.22. The van der Waals surface area contributed by atoms with Gasteiger partial charge < -0.3 is 0 Å². The van der Waals surface area contributed by atoms with Crippen molar-refractivity contribution >= 4 is 17.5 Å². The smallest absolute Gasteiger partial charge is 0.238 e. The van der Waals surface area contributed by atoms with Crippen LogP contribution in [0.25, 0.3) is 0 Å². The number of anilines is 1. The third-order valence-corrected chi connectivity index (χ3v) is 5.74. The van der Waals surface area contributed by atoms with E-state index >= 15 is 0 Å². The van der Waals surface area contributed by atoms with E-state index in [2.05, 4.69) is 26.0 Å². The maximum atomic E-state index is 13.0. The van der Waals surface area contributed by atoms with Gasteiger partial charge in [-0.1, -0.05) is 29.4 Å². The van der Waals surface area contributed by atoms with Gasteiger partial charge in [0.15, 0.2) is 0 Å². The summed E-state index contributed by atoms with van der Waals surface area (Å²) in [5, 5.41) is 0. The molecule has 4 atom stereocenters. The van der Waals surface area contributed by atoms with Gasteiger partial charge in [0, 0.05) is 11.8 Å². The number of nitrogens with zero attached hydrogens (tertiary/aromatic N) is 1. The highest BCUT2D eigenvalue weighted by atomic mass is 16.2. The Labute approximate surface area is 136 Å². The van der Waals surface area contributed by atoms with Gasteiger partial charge in [-0.05, 0) is 51.0 Å². The van der Waals surface area contributed by atoms with Gasteiger partial charge in [0.2, 0.25) is 11.8 Å². The highest BCUT2D eigenvalue weighted by Crippen LogP contribution is 2.57. The zero-order chi connectivity index (χ0) is 16.5. The van der Waals surface area contributed by atoms with E-state index in [-0.39, 0.29) is 35.5 Å². The molecule has 1 saturated heterocycles. The number of carbonyl (C=O) groups excluding carboxylic acids is 2. The van der Waals surface area contributed by atoms with Gasteiger partial charge >= 0.3 is 0 Å². The van der Waals surface area contributed by atoms with E-state index in [0.717, 1.165) is 11.3 Å². The van der Waals surface area contributed by atoms with Gasteiger partial charge in [-0.25, -0.2) is 4.90 Å². The van der Waals surface area contributed by atoms with Crippen molar-refractivity contribution in [1.29, 1.82) is 0 Å². The Morgan fingerprint density at radius 3 is 1.96 bits per heavy atom. The molecular formula is C20H21NO2. The molecule has 0 N–H and O–H groups in total.